The number of rotatable bonds is 25. The van der Waals surface area contributed by atoms with Gasteiger partial charge in [0.1, 0.15) is 0 Å². The monoisotopic (exact) mass is 418 g/mol. The summed E-state index contributed by atoms with van der Waals surface area (Å²) in [6.45, 7) is 10.2. The van der Waals surface area contributed by atoms with Crippen molar-refractivity contribution in [2.75, 3.05) is 0 Å². The molecule has 0 heteroatoms. The van der Waals surface area contributed by atoms with Gasteiger partial charge in [-0.2, -0.15) is 0 Å². The molecule has 0 amide bonds. The molecule has 0 saturated heterocycles. The van der Waals surface area contributed by atoms with Gasteiger partial charge in [-0.25, -0.2) is 0 Å². The van der Waals surface area contributed by atoms with Crippen LogP contribution < -0.4 is 0 Å². The van der Waals surface area contributed by atoms with Gasteiger partial charge in [-0.1, -0.05) is 161 Å². The summed E-state index contributed by atoms with van der Waals surface area (Å²) < 4.78 is 0. The van der Waals surface area contributed by atoms with E-state index in [1.165, 1.54) is 141 Å². The van der Waals surface area contributed by atoms with Crippen LogP contribution in [0.1, 0.15) is 161 Å². The largest absolute Gasteiger partial charge is 0.0885 e. The molecule has 0 fully saturated rings. The molecule has 0 bridgehead atoms. The third kappa shape index (κ3) is 24.0. The summed E-state index contributed by atoms with van der Waals surface area (Å²) in [6, 6.07) is 0. The Balaban J connectivity index is 3.46. The molecule has 0 aliphatic rings. The third-order valence-electron chi connectivity index (χ3n) is 6.58. The van der Waals surface area contributed by atoms with E-state index in [9.17, 15) is 0 Å². The van der Waals surface area contributed by atoms with Gasteiger partial charge in [0.05, 0.1) is 0 Å². The van der Waals surface area contributed by atoms with Gasteiger partial charge in [0.25, 0.3) is 0 Å². The molecule has 0 aliphatic carbocycles. The minimum atomic E-state index is 1.01. The van der Waals surface area contributed by atoms with E-state index in [2.05, 4.69) is 32.9 Å². The number of hydrogen-bond acceptors (Lipinski definition) is 0. The van der Waals surface area contributed by atoms with Crippen molar-refractivity contribution in [2.45, 2.75) is 161 Å². The van der Waals surface area contributed by atoms with Crippen LogP contribution in [0.4, 0.5) is 0 Å². The van der Waals surface area contributed by atoms with Crippen molar-refractivity contribution in [3.8, 4) is 0 Å². The number of allylic oxidation sites excluding steroid dienone is 2. The van der Waals surface area contributed by atoms with Crippen LogP contribution in [0, 0.1) is 19.8 Å². The van der Waals surface area contributed by atoms with Gasteiger partial charge in [-0.3, -0.25) is 0 Å². The van der Waals surface area contributed by atoms with Crippen molar-refractivity contribution in [3.63, 3.8) is 0 Å². The molecular weight excluding hydrogens is 360 g/mol. The van der Waals surface area contributed by atoms with E-state index in [-0.39, 0.29) is 0 Å². The first-order valence-electron chi connectivity index (χ1n) is 14.1. The zero-order valence-corrected chi connectivity index (χ0v) is 21.1. The lowest BCUT2D eigenvalue weighted by Crippen LogP contribution is -2.00. The molecule has 0 aromatic heterocycles. The smallest absolute Gasteiger partial charge is 0.0351 e. The molecule has 0 aromatic rings. The SMILES string of the molecule is [CH2]CCCCC/C=C/CCCCCC(CCC)CCCCCCCCCCCC[CH2]. The fourth-order valence-corrected chi connectivity index (χ4v) is 4.59. The molecule has 0 N–H and O–H groups in total. The van der Waals surface area contributed by atoms with Gasteiger partial charge in [-0.15, -0.1) is 0 Å². The predicted octanol–water partition coefficient (Wildman–Crippen LogP) is 11.2. The molecule has 0 spiro atoms. The Labute approximate surface area is 193 Å². The Bertz CT molecular complexity index is 316. The van der Waals surface area contributed by atoms with E-state index in [0.717, 1.165) is 18.8 Å². The minimum absolute atomic E-state index is 1.01. The van der Waals surface area contributed by atoms with Gasteiger partial charge >= 0.3 is 0 Å². The zero-order valence-electron chi connectivity index (χ0n) is 21.1. The van der Waals surface area contributed by atoms with E-state index in [1.54, 1.807) is 0 Å². The van der Waals surface area contributed by atoms with Crippen LogP contribution in [-0.4, -0.2) is 0 Å². The van der Waals surface area contributed by atoms with Crippen LogP contribution in [0.2, 0.25) is 0 Å². The normalized spacial score (nSPS) is 12.8. The Kier molecular flexibility index (Phi) is 26.5. The highest BCUT2D eigenvalue weighted by Gasteiger charge is 2.07. The van der Waals surface area contributed by atoms with Crippen molar-refractivity contribution in [1.29, 1.82) is 0 Å². The quantitative estimate of drug-likeness (QED) is 0.102. The minimum Gasteiger partial charge on any atom is -0.0885 e. The van der Waals surface area contributed by atoms with Crippen molar-refractivity contribution in [2.24, 2.45) is 5.92 Å². The highest BCUT2D eigenvalue weighted by atomic mass is 14.1. The maximum atomic E-state index is 3.93. The van der Waals surface area contributed by atoms with Gasteiger partial charge < -0.3 is 0 Å². The summed E-state index contributed by atoms with van der Waals surface area (Å²) >= 11 is 0. The lowest BCUT2D eigenvalue weighted by molar-refractivity contribution is 0.378. The Morgan fingerprint density at radius 3 is 1.27 bits per heavy atom. The molecule has 0 aromatic carbocycles. The van der Waals surface area contributed by atoms with E-state index >= 15 is 0 Å². The van der Waals surface area contributed by atoms with Crippen molar-refractivity contribution < 1.29 is 0 Å². The van der Waals surface area contributed by atoms with Gasteiger partial charge in [0, 0.05) is 0 Å². The Hall–Kier alpha value is -0.260. The molecular formula is C30H58. The van der Waals surface area contributed by atoms with Crippen LogP contribution in [0.15, 0.2) is 12.2 Å². The maximum Gasteiger partial charge on any atom is -0.0351 e. The summed E-state index contributed by atoms with van der Waals surface area (Å²) in [6.07, 6.45) is 38.1. The van der Waals surface area contributed by atoms with Crippen LogP contribution in [0.3, 0.4) is 0 Å². The van der Waals surface area contributed by atoms with Crippen molar-refractivity contribution in [1.82, 2.24) is 0 Å². The Morgan fingerprint density at radius 1 is 0.467 bits per heavy atom. The summed E-state index contributed by atoms with van der Waals surface area (Å²) in [7, 11) is 0. The van der Waals surface area contributed by atoms with Gasteiger partial charge in [0.2, 0.25) is 0 Å². The highest BCUT2D eigenvalue weighted by molar-refractivity contribution is 4.81. The summed E-state index contributed by atoms with van der Waals surface area (Å²) in [5, 5.41) is 0. The summed E-state index contributed by atoms with van der Waals surface area (Å²) in [5.41, 5.74) is 0. The lowest BCUT2D eigenvalue weighted by atomic mass is 9.90. The molecule has 0 saturated carbocycles. The molecule has 178 valence electrons. The van der Waals surface area contributed by atoms with Crippen molar-refractivity contribution >= 4 is 0 Å². The molecule has 2 radical (unpaired) electrons. The van der Waals surface area contributed by atoms with E-state index in [4.69, 9.17) is 0 Å². The summed E-state index contributed by atoms with van der Waals surface area (Å²) in [4.78, 5) is 0. The molecule has 0 heterocycles. The lowest BCUT2D eigenvalue weighted by Gasteiger charge is -2.16. The second-order valence-electron chi connectivity index (χ2n) is 9.64. The number of unbranched alkanes of at least 4 members (excludes halogenated alkanes) is 17. The second kappa shape index (κ2) is 26.8. The first kappa shape index (κ1) is 29.7. The van der Waals surface area contributed by atoms with Gasteiger partial charge in [-0.05, 0) is 31.6 Å². The molecule has 1 unspecified atom stereocenters. The van der Waals surface area contributed by atoms with E-state index < -0.39 is 0 Å². The summed E-state index contributed by atoms with van der Waals surface area (Å²) in [5.74, 6) is 1.01. The Morgan fingerprint density at radius 2 is 0.833 bits per heavy atom. The first-order chi connectivity index (χ1) is 14.8. The topological polar surface area (TPSA) is 0 Å². The third-order valence-corrected chi connectivity index (χ3v) is 6.58. The van der Waals surface area contributed by atoms with Crippen LogP contribution in [-0.2, 0) is 0 Å². The van der Waals surface area contributed by atoms with Crippen LogP contribution >= 0.6 is 0 Å². The van der Waals surface area contributed by atoms with Gasteiger partial charge in [0.15, 0.2) is 0 Å². The second-order valence-corrected chi connectivity index (χ2v) is 9.64. The maximum absolute atomic E-state index is 3.93. The average Bonchev–Trinajstić information content (AvgIpc) is 2.75. The fourth-order valence-electron chi connectivity index (χ4n) is 4.59. The zero-order chi connectivity index (χ0) is 22.0. The molecule has 1 atom stereocenters. The molecule has 0 nitrogen and oxygen atoms in total. The molecule has 0 aliphatic heterocycles. The van der Waals surface area contributed by atoms with Crippen molar-refractivity contribution in [3.05, 3.63) is 26.0 Å². The van der Waals surface area contributed by atoms with E-state index in [0.29, 0.717) is 0 Å². The molecule has 0 rings (SSSR count). The highest BCUT2D eigenvalue weighted by Crippen LogP contribution is 2.23. The average molecular weight is 419 g/mol. The van der Waals surface area contributed by atoms with Crippen LogP contribution in [0.25, 0.3) is 0 Å². The standard InChI is InChI=1S/C30H58/c1-4-7-9-11-13-15-17-19-21-23-25-28-30(27-6-3)29-26-24-22-20-18-16-14-12-10-8-5-2/h15,17,30H,1-2,4-14,16,18-29H2,3H3/b17-15+. The molecule has 30 heavy (non-hydrogen) atoms. The predicted molar refractivity (Wildman–Crippen MR) is 140 cm³/mol. The number of hydrogen-bond donors (Lipinski definition) is 0. The van der Waals surface area contributed by atoms with Crippen LogP contribution in [0.5, 0.6) is 0 Å². The van der Waals surface area contributed by atoms with E-state index in [1.807, 2.05) is 0 Å². The fraction of sp³-hybridized carbons (Fsp3) is 0.867. The first-order valence-corrected chi connectivity index (χ1v) is 14.1.